The topological polar surface area (TPSA) is 33.1 Å². The fourth-order valence-corrected chi connectivity index (χ4v) is 2.58. The smallest absolute Gasteiger partial charge is 0.0951 e. The number of rotatable bonds is 4. The number of piperidine rings is 1. The lowest BCUT2D eigenvalue weighted by Crippen LogP contribution is -2.44. The molecule has 96 valence electrons. The summed E-state index contributed by atoms with van der Waals surface area (Å²) < 4.78 is 2.27. The van der Waals surface area contributed by atoms with Crippen molar-refractivity contribution >= 4 is 0 Å². The minimum absolute atomic E-state index is 0.498. The van der Waals surface area contributed by atoms with Crippen molar-refractivity contribution in [3.8, 4) is 0 Å². The number of imidazole rings is 1. The van der Waals surface area contributed by atoms with Crippen molar-refractivity contribution in [1.29, 1.82) is 0 Å². The lowest BCUT2D eigenvalue weighted by atomic mass is 10.1. The first kappa shape index (κ1) is 12.6. The van der Waals surface area contributed by atoms with E-state index in [4.69, 9.17) is 0 Å². The van der Waals surface area contributed by atoms with E-state index in [2.05, 4.69) is 40.7 Å². The van der Waals surface area contributed by atoms with Crippen molar-refractivity contribution in [2.24, 2.45) is 0 Å². The van der Waals surface area contributed by atoms with Gasteiger partial charge in [-0.05, 0) is 40.3 Å². The summed E-state index contributed by atoms with van der Waals surface area (Å²) >= 11 is 0. The van der Waals surface area contributed by atoms with E-state index in [1.165, 1.54) is 25.1 Å². The van der Waals surface area contributed by atoms with Crippen molar-refractivity contribution in [3.05, 3.63) is 18.2 Å². The Morgan fingerprint density at radius 2 is 2.35 bits per heavy atom. The quantitative estimate of drug-likeness (QED) is 0.863. The summed E-state index contributed by atoms with van der Waals surface area (Å²) in [4.78, 5) is 6.80. The Hall–Kier alpha value is -0.870. The van der Waals surface area contributed by atoms with Crippen LogP contribution in [0.2, 0.25) is 0 Å². The Kier molecular flexibility index (Phi) is 4.18. The molecule has 1 unspecified atom stereocenters. The standard InChI is InChI=1S/C13H24N4/c1-11(2)17-10-15-7-13(17)9-16-6-4-5-12(8-16)14-3/h7,10-12,14H,4-6,8-9H2,1-3H3. The zero-order valence-corrected chi connectivity index (χ0v) is 11.2. The van der Waals surface area contributed by atoms with Crippen LogP contribution in [-0.4, -0.2) is 40.6 Å². The minimum Gasteiger partial charge on any atom is -0.331 e. The Morgan fingerprint density at radius 1 is 1.53 bits per heavy atom. The Balaban J connectivity index is 1.98. The van der Waals surface area contributed by atoms with Crippen molar-refractivity contribution in [2.75, 3.05) is 20.1 Å². The number of hydrogen-bond acceptors (Lipinski definition) is 3. The third kappa shape index (κ3) is 3.07. The number of hydrogen-bond donors (Lipinski definition) is 1. The van der Waals surface area contributed by atoms with Crippen molar-refractivity contribution in [1.82, 2.24) is 19.8 Å². The average Bonchev–Trinajstić information content (AvgIpc) is 2.77. The van der Waals surface area contributed by atoms with Crippen LogP contribution in [0.3, 0.4) is 0 Å². The van der Waals surface area contributed by atoms with E-state index >= 15 is 0 Å². The van der Waals surface area contributed by atoms with Crippen LogP contribution in [0.25, 0.3) is 0 Å². The van der Waals surface area contributed by atoms with Gasteiger partial charge in [-0.2, -0.15) is 0 Å². The maximum absolute atomic E-state index is 4.27. The van der Waals surface area contributed by atoms with Crippen molar-refractivity contribution in [2.45, 2.75) is 45.3 Å². The molecule has 1 N–H and O–H groups in total. The summed E-state index contributed by atoms with van der Waals surface area (Å²) in [5, 5.41) is 3.39. The van der Waals surface area contributed by atoms with Gasteiger partial charge >= 0.3 is 0 Å². The van der Waals surface area contributed by atoms with Crippen LogP contribution in [0, 0.1) is 0 Å². The predicted octanol–water partition coefficient (Wildman–Crippen LogP) is 1.65. The second-order valence-corrected chi connectivity index (χ2v) is 5.25. The summed E-state index contributed by atoms with van der Waals surface area (Å²) in [7, 11) is 2.06. The molecule has 1 fully saturated rings. The van der Waals surface area contributed by atoms with Crippen molar-refractivity contribution < 1.29 is 0 Å². The summed E-state index contributed by atoms with van der Waals surface area (Å²) in [6.45, 7) is 7.80. The van der Waals surface area contributed by atoms with Crippen molar-refractivity contribution in [3.63, 3.8) is 0 Å². The number of likely N-dealkylation sites (tertiary alicyclic amines) is 1. The van der Waals surface area contributed by atoms with E-state index in [9.17, 15) is 0 Å². The maximum atomic E-state index is 4.27. The minimum atomic E-state index is 0.498. The number of likely N-dealkylation sites (N-methyl/N-ethyl adjacent to an activating group) is 1. The molecule has 4 heteroatoms. The molecule has 1 aliphatic rings. The third-order valence-electron chi connectivity index (χ3n) is 3.60. The summed E-state index contributed by atoms with van der Waals surface area (Å²) in [5.41, 5.74) is 1.33. The van der Waals surface area contributed by atoms with E-state index in [-0.39, 0.29) is 0 Å². The van der Waals surface area contributed by atoms with Gasteiger partial charge in [0.1, 0.15) is 0 Å². The molecule has 1 atom stereocenters. The lowest BCUT2D eigenvalue weighted by Gasteiger charge is -2.32. The van der Waals surface area contributed by atoms with Crippen LogP contribution >= 0.6 is 0 Å². The van der Waals surface area contributed by atoms with Crippen LogP contribution in [-0.2, 0) is 6.54 Å². The first-order valence-corrected chi connectivity index (χ1v) is 6.61. The monoisotopic (exact) mass is 236 g/mol. The molecule has 0 radical (unpaired) electrons. The molecule has 1 aromatic rings. The van der Waals surface area contributed by atoms with E-state index in [1.54, 1.807) is 0 Å². The fourth-order valence-electron chi connectivity index (χ4n) is 2.58. The van der Waals surface area contributed by atoms with Gasteiger partial charge in [-0.15, -0.1) is 0 Å². The lowest BCUT2D eigenvalue weighted by molar-refractivity contribution is 0.183. The fraction of sp³-hybridized carbons (Fsp3) is 0.769. The second kappa shape index (κ2) is 5.65. The van der Waals surface area contributed by atoms with Crippen LogP contribution in [0.5, 0.6) is 0 Å². The Morgan fingerprint density at radius 3 is 3.06 bits per heavy atom. The van der Waals surface area contributed by atoms with Crippen LogP contribution in [0.4, 0.5) is 0 Å². The molecule has 1 aliphatic heterocycles. The Bertz CT molecular complexity index is 345. The normalized spacial score (nSPS) is 22.2. The highest BCUT2D eigenvalue weighted by molar-refractivity contribution is 5.00. The van der Waals surface area contributed by atoms with Gasteiger partial charge < -0.3 is 9.88 Å². The van der Waals surface area contributed by atoms with Crippen LogP contribution in [0.1, 0.15) is 38.4 Å². The third-order valence-corrected chi connectivity index (χ3v) is 3.60. The molecule has 0 saturated carbocycles. The molecule has 2 rings (SSSR count). The molecule has 0 aliphatic carbocycles. The first-order chi connectivity index (χ1) is 8.20. The largest absolute Gasteiger partial charge is 0.331 e. The van der Waals surface area contributed by atoms with E-state index in [0.29, 0.717) is 12.1 Å². The van der Waals surface area contributed by atoms with Crippen LogP contribution < -0.4 is 5.32 Å². The molecule has 17 heavy (non-hydrogen) atoms. The van der Waals surface area contributed by atoms with Gasteiger partial charge in [0, 0.05) is 31.4 Å². The molecule has 1 aromatic heterocycles. The number of nitrogens with zero attached hydrogens (tertiary/aromatic N) is 3. The molecule has 0 spiro atoms. The summed E-state index contributed by atoms with van der Waals surface area (Å²) in [5.74, 6) is 0. The molecule has 0 aromatic carbocycles. The number of nitrogens with one attached hydrogen (secondary N) is 1. The zero-order chi connectivity index (χ0) is 12.3. The van der Waals surface area contributed by atoms with Gasteiger partial charge in [-0.3, -0.25) is 4.90 Å². The SMILES string of the molecule is CNC1CCCN(Cc2cncn2C(C)C)C1. The highest BCUT2D eigenvalue weighted by Gasteiger charge is 2.19. The van der Waals surface area contributed by atoms with Crippen LogP contribution in [0.15, 0.2) is 12.5 Å². The molecular weight excluding hydrogens is 212 g/mol. The summed E-state index contributed by atoms with van der Waals surface area (Å²) in [6, 6.07) is 1.15. The zero-order valence-electron chi connectivity index (χ0n) is 11.2. The molecule has 0 amide bonds. The van der Waals surface area contributed by atoms with E-state index < -0.39 is 0 Å². The number of aromatic nitrogens is 2. The van der Waals surface area contributed by atoms with E-state index in [1.807, 2.05) is 12.5 Å². The van der Waals surface area contributed by atoms with Gasteiger partial charge in [-0.1, -0.05) is 0 Å². The van der Waals surface area contributed by atoms with Gasteiger partial charge in [0.25, 0.3) is 0 Å². The highest BCUT2D eigenvalue weighted by atomic mass is 15.2. The molecular formula is C13H24N4. The molecule has 4 nitrogen and oxygen atoms in total. The highest BCUT2D eigenvalue weighted by Crippen LogP contribution is 2.15. The average molecular weight is 236 g/mol. The van der Waals surface area contributed by atoms with Gasteiger partial charge in [0.2, 0.25) is 0 Å². The molecule has 0 bridgehead atoms. The summed E-state index contributed by atoms with van der Waals surface area (Å²) in [6.07, 6.45) is 6.54. The molecule has 1 saturated heterocycles. The Labute approximate surface area is 104 Å². The molecule has 2 heterocycles. The van der Waals surface area contributed by atoms with Gasteiger partial charge in [0.15, 0.2) is 0 Å². The van der Waals surface area contributed by atoms with E-state index in [0.717, 1.165) is 13.1 Å². The van der Waals surface area contributed by atoms with Gasteiger partial charge in [-0.25, -0.2) is 4.98 Å². The first-order valence-electron chi connectivity index (χ1n) is 6.61. The second-order valence-electron chi connectivity index (χ2n) is 5.25. The van der Waals surface area contributed by atoms with Gasteiger partial charge in [0.05, 0.1) is 12.0 Å². The maximum Gasteiger partial charge on any atom is 0.0951 e. The predicted molar refractivity (Wildman–Crippen MR) is 70.0 cm³/mol.